The van der Waals surface area contributed by atoms with Crippen molar-refractivity contribution in [3.8, 4) is 22.3 Å². The van der Waals surface area contributed by atoms with E-state index in [1.54, 1.807) is 0 Å². The van der Waals surface area contributed by atoms with Crippen molar-refractivity contribution in [2.45, 2.75) is 31.6 Å². The molecule has 1 unspecified atom stereocenters. The summed E-state index contributed by atoms with van der Waals surface area (Å²) in [5.41, 5.74) is 17.2. The van der Waals surface area contributed by atoms with Gasteiger partial charge in [-0.15, -0.1) is 11.3 Å². The maximum Gasteiger partial charge on any atom is 0.125 e. The highest BCUT2D eigenvalue weighted by molar-refractivity contribution is 7.23. The minimum atomic E-state index is 0.159. The van der Waals surface area contributed by atoms with E-state index in [1.165, 1.54) is 109 Å². The zero-order valence-electron chi connectivity index (χ0n) is 32.5. The molecule has 0 bridgehead atoms. The minimum absolute atomic E-state index is 0.159. The van der Waals surface area contributed by atoms with Crippen LogP contribution in [0.5, 0.6) is 0 Å². The van der Waals surface area contributed by atoms with Gasteiger partial charge in [0.25, 0.3) is 0 Å². The van der Waals surface area contributed by atoms with Gasteiger partial charge in [0.1, 0.15) is 5.00 Å². The molecule has 3 aromatic heterocycles. The zero-order chi connectivity index (χ0) is 38.6. The van der Waals surface area contributed by atoms with E-state index in [1.807, 2.05) is 11.3 Å². The van der Waals surface area contributed by atoms with Gasteiger partial charge in [-0.1, -0.05) is 152 Å². The molecule has 0 amide bonds. The third-order valence-corrected chi connectivity index (χ3v) is 14.4. The number of aromatic nitrogens is 1. The molecule has 0 saturated heterocycles. The van der Waals surface area contributed by atoms with Crippen LogP contribution in [-0.2, 0) is 6.42 Å². The lowest BCUT2D eigenvalue weighted by Crippen LogP contribution is -2.08. The standard InChI is InChI=1S/C56H38N2S/c1-2-13-34(14-3-1)35-25-28-37(29-26-35)47-21-12-20-41(53-44-19-8-11-24-50(44)59-56(53)57-47)42-32-31-38-30-27-36-15-4-5-16-39(36)51(38)46-33-45-40-17-6-9-22-48(40)58-49-23-10-7-18-43(49)54(52(42)46)55(45)58/h1-11,13-20,22-30,33,42H,12,21,31-32H2. The number of hydrogen-bond donors (Lipinski definition) is 0. The molecule has 59 heavy (non-hydrogen) atoms. The largest absolute Gasteiger partial charge is 0.308 e. The average Bonchev–Trinajstić information content (AvgIpc) is 3.89. The highest BCUT2D eigenvalue weighted by Gasteiger charge is 2.34. The van der Waals surface area contributed by atoms with Crippen LogP contribution in [0.2, 0.25) is 0 Å². The van der Waals surface area contributed by atoms with Crippen molar-refractivity contribution >= 4 is 86.6 Å². The Bertz CT molecular complexity index is 3540. The van der Waals surface area contributed by atoms with Gasteiger partial charge in [-0.05, 0) is 105 Å². The molecule has 8 aromatic carbocycles. The molecular weight excluding hydrogens is 733 g/mol. The molecule has 1 aliphatic heterocycles. The zero-order valence-corrected chi connectivity index (χ0v) is 33.3. The lowest BCUT2D eigenvalue weighted by Gasteiger charge is -2.25. The van der Waals surface area contributed by atoms with Crippen LogP contribution in [0.25, 0.3) is 86.8 Å². The molecule has 0 spiro atoms. The first-order valence-corrected chi connectivity index (χ1v) is 21.8. The Morgan fingerprint density at radius 1 is 0.542 bits per heavy atom. The van der Waals surface area contributed by atoms with E-state index in [2.05, 4.69) is 180 Å². The second-order valence-electron chi connectivity index (χ2n) is 16.4. The van der Waals surface area contributed by atoms with Gasteiger partial charge in [0.05, 0.1) is 16.6 Å². The van der Waals surface area contributed by atoms with E-state index in [-0.39, 0.29) is 5.92 Å². The summed E-state index contributed by atoms with van der Waals surface area (Å²) in [5.74, 6) is 0.159. The molecule has 3 heteroatoms. The van der Waals surface area contributed by atoms with E-state index < -0.39 is 0 Å². The topological polar surface area (TPSA) is 16.8 Å². The number of allylic oxidation sites excluding steroid dienone is 2. The fraction of sp³-hybridized carbons (Fsp3) is 0.0893. The van der Waals surface area contributed by atoms with Gasteiger partial charge in [0, 0.05) is 48.8 Å². The van der Waals surface area contributed by atoms with Gasteiger partial charge in [0.2, 0.25) is 0 Å². The summed E-state index contributed by atoms with van der Waals surface area (Å²) in [5, 5.41) is 10.5. The third-order valence-electron chi connectivity index (χ3n) is 13.3. The molecule has 2 aliphatic rings. The van der Waals surface area contributed by atoms with E-state index in [9.17, 15) is 0 Å². The monoisotopic (exact) mass is 770 g/mol. The van der Waals surface area contributed by atoms with Crippen LogP contribution >= 0.6 is 11.3 Å². The van der Waals surface area contributed by atoms with Gasteiger partial charge in [-0.25, -0.2) is 4.99 Å². The first-order valence-electron chi connectivity index (χ1n) is 20.9. The van der Waals surface area contributed by atoms with Crippen molar-refractivity contribution in [3.63, 3.8) is 0 Å². The number of aryl methyl sites for hydroxylation is 1. The number of aliphatic imine (C=N–C) groups is 1. The Balaban J connectivity index is 1.09. The molecule has 0 radical (unpaired) electrons. The average molecular weight is 771 g/mol. The number of para-hydroxylation sites is 2. The molecule has 2 nitrogen and oxygen atoms in total. The Hall–Kier alpha value is -6.81. The molecule has 11 aromatic rings. The smallest absolute Gasteiger partial charge is 0.125 e. The Morgan fingerprint density at radius 3 is 2.07 bits per heavy atom. The van der Waals surface area contributed by atoms with Crippen molar-refractivity contribution in [1.82, 2.24) is 4.40 Å². The lowest BCUT2D eigenvalue weighted by atomic mass is 9.78. The molecule has 0 saturated carbocycles. The predicted octanol–water partition coefficient (Wildman–Crippen LogP) is 15.6. The molecule has 0 fully saturated rings. The molecule has 278 valence electrons. The predicted molar refractivity (Wildman–Crippen MR) is 252 cm³/mol. The van der Waals surface area contributed by atoms with Crippen LogP contribution in [0.4, 0.5) is 5.00 Å². The van der Waals surface area contributed by atoms with Gasteiger partial charge in [0.15, 0.2) is 0 Å². The second-order valence-corrected chi connectivity index (χ2v) is 17.4. The summed E-state index contributed by atoms with van der Waals surface area (Å²) in [6, 6.07) is 63.2. The number of thiophene rings is 1. The Labute approximate surface area is 346 Å². The molecule has 1 atom stereocenters. The first kappa shape index (κ1) is 33.2. The number of rotatable bonds is 3. The summed E-state index contributed by atoms with van der Waals surface area (Å²) < 4.78 is 3.85. The number of benzene rings is 8. The van der Waals surface area contributed by atoms with E-state index in [4.69, 9.17) is 4.99 Å². The molecular formula is C56H38N2S. The maximum atomic E-state index is 5.67. The van der Waals surface area contributed by atoms with Crippen LogP contribution < -0.4 is 0 Å². The lowest BCUT2D eigenvalue weighted by molar-refractivity contribution is 0.764. The summed E-state index contributed by atoms with van der Waals surface area (Å²) in [6.45, 7) is 0. The molecule has 1 aliphatic carbocycles. The Kier molecular flexibility index (Phi) is 7.23. The highest BCUT2D eigenvalue weighted by atomic mass is 32.1. The molecule has 0 N–H and O–H groups in total. The number of nitrogens with zero attached hydrogens (tertiary/aromatic N) is 2. The maximum absolute atomic E-state index is 5.67. The van der Waals surface area contributed by atoms with Crippen molar-refractivity contribution in [3.05, 3.63) is 198 Å². The van der Waals surface area contributed by atoms with E-state index >= 15 is 0 Å². The summed E-state index contributed by atoms with van der Waals surface area (Å²) >= 11 is 1.85. The van der Waals surface area contributed by atoms with Crippen molar-refractivity contribution in [2.75, 3.05) is 0 Å². The number of fused-ring (bicyclic) bond motifs is 15. The van der Waals surface area contributed by atoms with Crippen LogP contribution in [-0.4, -0.2) is 10.1 Å². The normalized spacial score (nSPS) is 15.6. The quantitative estimate of drug-likeness (QED) is 0.170. The minimum Gasteiger partial charge on any atom is -0.308 e. The Morgan fingerprint density at radius 2 is 1.22 bits per heavy atom. The summed E-state index contributed by atoms with van der Waals surface area (Å²) in [4.78, 5) is 5.67. The SMILES string of the molecule is C1=C(C2CCc3ccc4ccccc4c3-c3cc4c5ccccc5n5c6ccccc6c(c32)c45)c2c(sc3ccccc23)N=C(c2ccc(-c3ccccc3)cc2)CC1. The van der Waals surface area contributed by atoms with Gasteiger partial charge in [-0.3, -0.25) is 0 Å². The van der Waals surface area contributed by atoms with Crippen LogP contribution in [0, 0.1) is 0 Å². The van der Waals surface area contributed by atoms with E-state index in [0.29, 0.717) is 0 Å². The van der Waals surface area contributed by atoms with Crippen molar-refractivity contribution in [2.24, 2.45) is 4.99 Å². The molecule has 4 heterocycles. The van der Waals surface area contributed by atoms with E-state index in [0.717, 1.165) is 36.4 Å². The van der Waals surface area contributed by atoms with Gasteiger partial charge in [-0.2, -0.15) is 0 Å². The van der Waals surface area contributed by atoms with Gasteiger partial charge < -0.3 is 4.40 Å². The van der Waals surface area contributed by atoms with Crippen LogP contribution in [0.15, 0.2) is 181 Å². The fourth-order valence-electron chi connectivity index (χ4n) is 10.8. The third kappa shape index (κ3) is 4.89. The summed E-state index contributed by atoms with van der Waals surface area (Å²) in [7, 11) is 0. The second kappa shape index (κ2) is 12.8. The summed E-state index contributed by atoms with van der Waals surface area (Å²) in [6.07, 6.45) is 6.44. The van der Waals surface area contributed by atoms with Crippen molar-refractivity contribution in [1.29, 1.82) is 0 Å². The van der Waals surface area contributed by atoms with Gasteiger partial charge >= 0.3 is 0 Å². The van der Waals surface area contributed by atoms with Crippen molar-refractivity contribution < 1.29 is 0 Å². The van der Waals surface area contributed by atoms with Crippen LogP contribution in [0.3, 0.4) is 0 Å². The fourth-order valence-corrected chi connectivity index (χ4v) is 11.9. The molecule has 13 rings (SSSR count). The van der Waals surface area contributed by atoms with Crippen LogP contribution in [0.1, 0.15) is 47.4 Å². The highest BCUT2D eigenvalue weighted by Crippen LogP contribution is 2.56. The first-order chi connectivity index (χ1) is 29.3. The number of hydrogen-bond acceptors (Lipinski definition) is 2.